The van der Waals surface area contributed by atoms with Gasteiger partial charge in [0.1, 0.15) is 4.75 Å². The van der Waals surface area contributed by atoms with E-state index in [2.05, 4.69) is 4.98 Å². The van der Waals surface area contributed by atoms with Gasteiger partial charge in [0.25, 0.3) is 0 Å². The number of hydrogen-bond donors (Lipinski definition) is 0. The van der Waals surface area contributed by atoms with Crippen LogP contribution in [0.3, 0.4) is 0 Å². The number of rotatable bonds is 3. The second kappa shape index (κ2) is 7.14. The average molecular weight is 415 g/mol. The van der Waals surface area contributed by atoms with Crippen LogP contribution < -0.4 is 56.8 Å². The van der Waals surface area contributed by atoms with Crippen LogP contribution in [0.4, 0.5) is 12.9 Å². The van der Waals surface area contributed by atoms with Crippen LogP contribution in [-0.2, 0) is 10.0 Å². The molecule has 0 fully saturated rings. The van der Waals surface area contributed by atoms with E-state index in [4.69, 9.17) is 11.6 Å². The maximum atomic E-state index is 13.3. The van der Waals surface area contributed by atoms with Crippen molar-refractivity contribution < 1.29 is 72.7 Å². The van der Waals surface area contributed by atoms with Gasteiger partial charge in [-0.15, -0.1) is 0 Å². The normalized spacial score (nSPS) is 21.1. The van der Waals surface area contributed by atoms with Gasteiger partial charge in [0.2, 0.25) is 10.0 Å². The fourth-order valence-electron chi connectivity index (χ4n) is 2.71. The molecule has 128 valence electrons. The van der Waals surface area contributed by atoms with Crippen LogP contribution in [-0.4, -0.2) is 29.1 Å². The summed E-state index contributed by atoms with van der Waals surface area (Å²) in [5.74, 6) is 0. The first kappa shape index (κ1) is 21.2. The number of halogens is 4. The standard InChI is InChI=1S/C14H12BClF3N2O2S.K/c1-14(6-2-4-10(16)8-14)24(22,23)21-9-12(15(17,18)19)11-5-3-7-20-13(11)21;/h2-5,7-9H,6H2,1H3;/q-1;+1. The largest absolute Gasteiger partial charge is 1.00 e. The Bertz CT molecular complexity index is 988. The van der Waals surface area contributed by atoms with E-state index in [0.717, 1.165) is 0 Å². The molecule has 1 atom stereocenters. The summed E-state index contributed by atoms with van der Waals surface area (Å²) in [4.78, 5) is 3.85. The third kappa shape index (κ3) is 3.67. The number of aromatic nitrogens is 2. The topological polar surface area (TPSA) is 52.0 Å². The molecule has 1 aliphatic rings. The summed E-state index contributed by atoms with van der Waals surface area (Å²) in [6.07, 6.45) is 6.43. The van der Waals surface area contributed by atoms with Crippen molar-refractivity contribution >= 4 is 45.1 Å². The van der Waals surface area contributed by atoms with Gasteiger partial charge in [-0.25, -0.2) is 17.4 Å². The minimum absolute atomic E-state index is 0. The molecule has 0 amide bonds. The van der Waals surface area contributed by atoms with Gasteiger partial charge in [-0.1, -0.05) is 29.2 Å². The van der Waals surface area contributed by atoms with Crippen molar-refractivity contribution in [1.29, 1.82) is 0 Å². The zero-order chi connectivity index (χ0) is 17.8. The molecule has 0 aromatic carbocycles. The summed E-state index contributed by atoms with van der Waals surface area (Å²) in [6, 6.07) is 2.55. The molecule has 2 aromatic heterocycles. The van der Waals surface area contributed by atoms with E-state index in [0.29, 0.717) is 10.2 Å². The molecule has 3 rings (SSSR count). The Morgan fingerprint density at radius 3 is 2.64 bits per heavy atom. The summed E-state index contributed by atoms with van der Waals surface area (Å²) in [6.45, 7) is -3.96. The quantitative estimate of drug-likeness (QED) is 0.670. The molecule has 0 spiro atoms. The predicted octanol–water partition coefficient (Wildman–Crippen LogP) is 0.114. The molecule has 1 aliphatic carbocycles. The first-order valence-electron chi connectivity index (χ1n) is 7.02. The van der Waals surface area contributed by atoms with Crippen LogP contribution in [0, 0.1) is 0 Å². The number of allylic oxidation sites excluding steroid dienone is 3. The van der Waals surface area contributed by atoms with Crippen molar-refractivity contribution in [3.05, 3.63) is 47.8 Å². The number of nitrogens with zero attached hydrogens (tertiary/aromatic N) is 2. The van der Waals surface area contributed by atoms with E-state index < -0.39 is 27.2 Å². The van der Waals surface area contributed by atoms with Crippen molar-refractivity contribution in [2.45, 2.75) is 18.1 Å². The van der Waals surface area contributed by atoms with Gasteiger partial charge in [0, 0.05) is 11.2 Å². The summed E-state index contributed by atoms with van der Waals surface area (Å²) >= 11 is 5.90. The summed E-state index contributed by atoms with van der Waals surface area (Å²) in [7, 11) is -4.21. The summed E-state index contributed by atoms with van der Waals surface area (Å²) < 4.78 is 65.1. The molecular weight excluding hydrogens is 403 g/mol. The van der Waals surface area contributed by atoms with Gasteiger partial charge in [0.15, 0.2) is 5.65 Å². The third-order valence-electron chi connectivity index (χ3n) is 4.01. The fourth-order valence-corrected chi connectivity index (χ4v) is 4.76. The monoisotopic (exact) mass is 414 g/mol. The van der Waals surface area contributed by atoms with E-state index in [1.807, 2.05) is 0 Å². The zero-order valence-electron chi connectivity index (χ0n) is 13.5. The molecule has 1 unspecified atom stereocenters. The Labute approximate surface area is 190 Å². The van der Waals surface area contributed by atoms with E-state index in [9.17, 15) is 21.4 Å². The molecule has 4 nitrogen and oxygen atoms in total. The molecule has 0 aliphatic heterocycles. The van der Waals surface area contributed by atoms with Crippen LogP contribution in [0.1, 0.15) is 13.3 Å². The predicted molar refractivity (Wildman–Crippen MR) is 88.9 cm³/mol. The van der Waals surface area contributed by atoms with Crippen molar-refractivity contribution in [3.8, 4) is 0 Å². The van der Waals surface area contributed by atoms with Gasteiger partial charge in [-0.3, -0.25) is 0 Å². The molecule has 0 saturated heterocycles. The molecule has 0 radical (unpaired) electrons. The van der Waals surface area contributed by atoms with Gasteiger partial charge in [-0.2, -0.15) is 0 Å². The van der Waals surface area contributed by atoms with Gasteiger partial charge in [0.05, 0.1) is 0 Å². The van der Waals surface area contributed by atoms with Crippen molar-refractivity contribution in [1.82, 2.24) is 8.96 Å². The second-order valence-electron chi connectivity index (χ2n) is 5.78. The number of fused-ring (bicyclic) bond motifs is 1. The van der Waals surface area contributed by atoms with E-state index >= 15 is 0 Å². The van der Waals surface area contributed by atoms with Crippen LogP contribution in [0.15, 0.2) is 47.8 Å². The second-order valence-corrected chi connectivity index (χ2v) is 8.50. The zero-order valence-corrected chi connectivity index (χ0v) is 18.2. The van der Waals surface area contributed by atoms with Crippen LogP contribution in [0.25, 0.3) is 11.0 Å². The first-order chi connectivity index (χ1) is 11.1. The van der Waals surface area contributed by atoms with Gasteiger partial charge in [-0.05, 0) is 43.1 Å². The Morgan fingerprint density at radius 2 is 2.04 bits per heavy atom. The molecule has 0 N–H and O–H groups in total. The van der Waals surface area contributed by atoms with Gasteiger partial charge >= 0.3 is 58.4 Å². The molecule has 11 heteroatoms. The molecule has 2 heterocycles. The van der Waals surface area contributed by atoms with Crippen molar-refractivity contribution in [3.63, 3.8) is 0 Å². The molecule has 0 saturated carbocycles. The van der Waals surface area contributed by atoms with Gasteiger partial charge < -0.3 is 12.9 Å². The minimum atomic E-state index is -5.38. The smallest absolute Gasteiger partial charge is 0.445 e. The molecule has 2 aromatic rings. The number of hydrogen-bond acceptors (Lipinski definition) is 3. The van der Waals surface area contributed by atoms with Crippen LogP contribution >= 0.6 is 11.6 Å². The summed E-state index contributed by atoms with van der Waals surface area (Å²) in [5, 5.41) is -0.0180. The molecular formula is C14H12BClF3KN2O2S. The van der Waals surface area contributed by atoms with E-state index in [1.54, 1.807) is 12.2 Å². The minimum Gasteiger partial charge on any atom is -0.445 e. The Morgan fingerprint density at radius 1 is 1.36 bits per heavy atom. The maximum Gasteiger partial charge on any atom is 1.00 e. The van der Waals surface area contributed by atoms with Crippen LogP contribution in [0.5, 0.6) is 0 Å². The fraction of sp³-hybridized carbons (Fsp3) is 0.214. The first-order valence-corrected chi connectivity index (χ1v) is 8.84. The van der Waals surface area contributed by atoms with E-state index in [1.165, 1.54) is 31.3 Å². The SMILES string of the molecule is CC1(S(=O)(=O)n2cc([B-](F)(F)F)c3cccnc32)C=C(Cl)C=CC1.[K+]. The Hall–Kier alpha value is -0.0987. The van der Waals surface area contributed by atoms with Crippen molar-refractivity contribution in [2.24, 2.45) is 0 Å². The van der Waals surface area contributed by atoms with Crippen LogP contribution in [0.2, 0.25) is 0 Å². The maximum absolute atomic E-state index is 13.3. The van der Waals surface area contributed by atoms with Crippen molar-refractivity contribution in [2.75, 3.05) is 0 Å². The Balaban J connectivity index is 0.00000225. The molecule has 0 bridgehead atoms. The Kier molecular flexibility index (Phi) is 6.06. The molecule has 25 heavy (non-hydrogen) atoms. The average Bonchev–Trinajstić information content (AvgIpc) is 2.87. The summed E-state index contributed by atoms with van der Waals surface area (Å²) in [5.41, 5.74) is -1.22. The van der Waals surface area contributed by atoms with E-state index in [-0.39, 0.29) is 73.9 Å². The number of pyridine rings is 1. The third-order valence-corrected chi connectivity index (χ3v) is 6.50.